The molecule has 0 radical (unpaired) electrons. The van der Waals surface area contributed by atoms with Crippen molar-refractivity contribution in [2.75, 3.05) is 26.5 Å². The fraction of sp³-hybridized carbons (Fsp3) is 0.316. The van der Waals surface area contributed by atoms with Crippen LogP contribution in [0, 0.1) is 13.8 Å². The van der Waals surface area contributed by atoms with Gasteiger partial charge < -0.3 is 10.1 Å². The number of amides is 1. The van der Waals surface area contributed by atoms with Gasteiger partial charge in [0.25, 0.3) is 0 Å². The Labute approximate surface area is 154 Å². The van der Waals surface area contributed by atoms with Gasteiger partial charge in [-0.2, -0.15) is 0 Å². The Balaban J connectivity index is 2.24. The van der Waals surface area contributed by atoms with Crippen LogP contribution in [0.3, 0.4) is 0 Å². The van der Waals surface area contributed by atoms with Crippen LogP contribution >= 0.6 is 0 Å². The Morgan fingerprint density at radius 2 is 1.77 bits per heavy atom. The third-order valence-electron chi connectivity index (χ3n) is 4.14. The van der Waals surface area contributed by atoms with E-state index in [0.29, 0.717) is 5.69 Å². The van der Waals surface area contributed by atoms with Crippen LogP contribution in [-0.4, -0.2) is 39.8 Å². The molecule has 0 spiro atoms. The molecule has 0 aliphatic heterocycles. The van der Waals surface area contributed by atoms with Crippen LogP contribution in [0.5, 0.6) is 5.75 Å². The summed E-state index contributed by atoms with van der Waals surface area (Å²) in [5, 5.41) is 2.75. The maximum Gasteiger partial charge on any atom is 0.246 e. The second kappa shape index (κ2) is 7.88. The Bertz CT molecular complexity index is 921. The van der Waals surface area contributed by atoms with Gasteiger partial charge in [0.05, 0.1) is 13.5 Å². The molecule has 2 aromatic carbocycles. The minimum Gasteiger partial charge on any atom is -0.495 e. The molecule has 7 heteroatoms. The van der Waals surface area contributed by atoms with E-state index in [9.17, 15) is 13.2 Å². The van der Waals surface area contributed by atoms with Gasteiger partial charge in [-0.15, -0.1) is 0 Å². The first kappa shape index (κ1) is 19.9. The van der Waals surface area contributed by atoms with Crippen molar-refractivity contribution < 1.29 is 17.9 Å². The van der Waals surface area contributed by atoms with E-state index in [1.165, 1.54) is 38.9 Å². The number of hydrogen-bond acceptors (Lipinski definition) is 4. The van der Waals surface area contributed by atoms with E-state index in [0.717, 1.165) is 15.4 Å². The number of ether oxygens (including phenoxy) is 1. The number of sulfonamides is 1. The van der Waals surface area contributed by atoms with Crippen molar-refractivity contribution in [1.29, 1.82) is 0 Å². The molecule has 140 valence electrons. The van der Waals surface area contributed by atoms with Gasteiger partial charge in [-0.3, -0.25) is 4.79 Å². The molecule has 0 aliphatic carbocycles. The van der Waals surface area contributed by atoms with Gasteiger partial charge in [-0.25, -0.2) is 12.7 Å². The summed E-state index contributed by atoms with van der Waals surface area (Å²) >= 11 is 0. The van der Waals surface area contributed by atoms with Crippen molar-refractivity contribution in [3.05, 3.63) is 53.1 Å². The molecule has 0 atom stereocenters. The zero-order valence-electron chi connectivity index (χ0n) is 15.7. The SMILES string of the molecule is COc1ccc(NC(=O)Cc2ccc(C)c(C)c2)cc1S(=O)(=O)N(C)C. The zero-order valence-corrected chi connectivity index (χ0v) is 16.5. The summed E-state index contributed by atoms with van der Waals surface area (Å²) in [7, 11) is 0.603. The fourth-order valence-corrected chi connectivity index (χ4v) is 3.53. The lowest BCUT2D eigenvalue weighted by Gasteiger charge is -2.16. The normalized spacial score (nSPS) is 11.5. The Morgan fingerprint density at radius 1 is 1.08 bits per heavy atom. The minimum atomic E-state index is -3.69. The highest BCUT2D eigenvalue weighted by Crippen LogP contribution is 2.29. The van der Waals surface area contributed by atoms with Crippen molar-refractivity contribution in [2.24, 2.45) is 0 Å². The first-order chi connectivity index (χ1) is 12.1. The summed E-state index contributed by atoms with van der Waals surface area (Å²) in [6.45, 7) is 4.02. The molecule has 1 N–H and O–H groups in total. The van der Waals surface area contributed by atoms with Crippen LogP contribution in [0.2, 0.25) is 0 Å². The highest BCUT2D eigenvalue weighted by Gasteiger charge is 2.23. The number of carbonyl (C=O) groups is 1. The highest BCUT2D eigenvalue weighted by molar-refractivity contribution is 7.89. The number of aryl methyl sites for hydroxylation is 2. The van der Waals surface area contributed by atoms with Crippen molar-refractivity contribution >= 4 is 21.6 Å². The molecule has 0 aliphatic rings. The van der Waals surface area contributed by atoms with Crippen LogP contribution in [0.15, 0.2) is 41.3 Å². The molecule has 0 fully saturated rings. The lowest BCUT2D eigenvalue weighted by atomic mass is 10.0. The van der Waals surface area contributed by atoms with Gasteiger partial charge >= 0.3 is 0 Å². The van der Waals surface area contributed by atoms with E-state index in [1.54, 1.807) is 6.07 Å². The van der Waals surface area contributed by atoms with E-state index < -0.39 is 10.0 Å². The third-order valence-corrected chi connectivity index (χ3v) is 5.98. The van der Waals surface area contributed by atoms with E-state index in [2.05, 4.69) is 5.32 Å². The average molecular weight is 376 g/mol. The van der Waals surface area contributed by atoms with Crippen LogP contribution in [-0.2, 0) is 21.2 Å². The summed E-state index contributed by atoms with van der Waals surface area (Å²) in [4.78, 5) is 12.3. The minimum absolute atomic E-state index is 0.00832. The number of benzene rings is 2. The van der Waals surface area contributed by atoms with Crippen molar-refractivity contribution in [3.8, 4) is 5.75 Å². The molecule has 0 heterocycles. The predicted octanol–water partition coefficient (Wildman–Crippen LogP) is 2.74. The van der Waals surface area contributed by atoms with Crippen molar-refractivity contribution in [2.45, 2.75) is 25.2 Å². The number of hydrogen-bond donors (Lipinski definition) is 1. The molecule has 0 bridgehead atoms. The lowest BCUT2D eigenvalue weighted by molar-refractivity contribution is -0.115. The average Bonchev–Trinajstić information content (AvgIpc) is 2.58. The molecule has 0 aromatic heterocycles. The molecule has 0 unspecified atom stereocenters. The lowest BCUT2D eigenvalue weighted by Crippen LogP contribution is -2.23. The molecule has 2 rings (SSSR count). The summed E-state index contributed by atoms with van der Waals surface area (Å²) in [5.41, 5.74) is 3.60. The number of anilines is 1. The van der Waals surface area contributed by atoms with E-state index in [4.69, 9.17) is 4.74 Å². The topological polar surface area (TPSA) is 75.7 Å². The Kier molecular flexibility index (Phi) is 6.05. The van der Waals surface area contributed by atoms with Crippen LogP contribution < -0.4 is 10.1 Å². The molecular weight excluding hydrogens is 352 g/mol. The van der Waals surface area contributed by atoms with E-state index >= 15 is 0 Å². The summed E-state index contributed by atoms with van der Waals surface area (Å²) in [5.74, 6) is 0.0116. The third kappa shape index (κ3) is 4.42. The van der Waals surface area contributed by atoms with Crippen LogP contribution in [0.4, 0.5) is 5.69 Å². The van der Waals surface area contributed by atoms with Gasteiger partial charge in [0.2, 0.25) is 15.9 Å². The van der Waals surface area contributed by atoms with Gasteiger partial charge in [0.15, 0.2) is 0 Å². The molecule has 0 saturated carbocycles. The van der Waals surface area contributed by atoms with Crippen molar-refractivity contribution in [1.82, 2.24) is 4.31 Å². The Morgan fingerprint density at radius 3 is 2.35 bits per heavy atom. The number of methoxy groups -OCH3 is 1. The summed E-state index contributed by atoms with van der Waals surface area (Å²) in [6, 6.07) is 10.4. The van der Waals surface area contributed by atoms with Gasteiger partial charge in [0.1, 0.15) is 10.6 Å². The number of nitrogens with one attached hydrogen (secondary N) is 1. The molecule has 0 saturated heterocycles. The maximum atomic E-state index is 12.4. The van der Waals surface area contributed by atoms with Crippen LogP contribution in [0.1, 0.15) is 16.7 Å². The maximum absolute atomic E-state index is 12.4. The molecule has 1 amide bonds. The molecule has 6 nitrogen and oxygen atoms in total. The molecular formula is C19H24N2O4S. The van der Waals surface area contributed by atoms with Crippen molar-refractivity contribution in [3.63, 3.8) is 0 Å². The number of carbonyl (C=O) groups excluding carboxylic acids is 1. The second-order valence-corrected chi connectivity index (χ2v) is 8.42. The fourth-order valence-electron chi connectivity index (χ4n) is 2.46. The molecule has 26 heavy (non-hydrogen) atoms. The van der Waals surface area contributed by atoms with E-state index in [-0.39, 0.29) is 23.0 Å². The smallest absolute Gasteiger partial charge is 0.246 e. The van der Waals surface area contributed by atoms with E-state index in [1.807, 2.05) is 32.0 Å². The van der Waals surface area contributed by atoms with Gasteiger partial charge in [-0.05, 0) is 48.7 Å². The predicted molar refractivity (Wildman–Crippen MR) is 102 cm³/mol. The summed E-state index contributed by atoms with van der Waals surface area (Å²) in [6.07, 6.45) is 0.211. The number of rotatable bonds is 6. The highest BCUT2D eigenvalue weighted by atomic mass is 32.2. The monoisotopic (exact) mass is 376 g/mol. The largest absolute Gasteiger partial charge is 0.495 e. The Hall–Kier alpha value is -2.38. The zero-order chi connectivity index (χ0) is 19.5. The van der Waals surface area contributed by atoms with Gasteiger partial charge in [-0.1, -0.05) is 18.2 Å². The number of nitrogens with zero attached hydrogens (tertiary/aromatic N) is 1. The standard InChI is InChI=1S/C19H24N2O4S/c1-13-6-7-15(10-14(13)2)11-19(22)20-16-8-9-17(25-5)18(12-16)26(23,24)21(3)4/h6-10,12H,11H2,1-5H3,(H,20,22). The van der Waals surface area contributed by atoms with Crippen LogP contribution in [0.25, 0.3) is 0 Å². The first-order valence-electron chi connectivity index (χ1n) is 8.11. The first-order valence-corrected chi connectivity index (χ1v) is 9.55. The quantitative estimate of drug-likeness (QED) is 0.841. The molecule has 2 aromatic rings. The second-order valence-electron chi connectivity index (χ2n) is 6.30. The van der Waals surface area contributed by atoms with Gasteiger partial charge in [0, 0.05) is 19.8 Å². The summed E-state index contributed by atoms with van der Waals surface area (Å²) < 4.78 is 31.1.